The van der Waals surface area contributed by atoms with E-state index in [2.05, 4.69) is 54.9 Å². The molecule has 3 heteroatoms. The molecule has 1 saturated carbocycles. The second-order valence-electron chi connectivity index (χ2n) is 6.56. The maximum atomic E-state index is 4.76. The number of rotatable bonds is 4. The third kappa shape index (κ3) is 2.84. The molecule has 21 heavy (non-hydrogen) atoms. The summed E-state index contributed by atoms with van der Waals surface area (Å²) in [5.74, 6) is 1.95. The molecule has 1 fully saturated rings. The molecule has 3 unspecified atom stereocenters. The van der Waals surface area contributed by atoms with Crippen molar-refractivity contribution in [2.45, 2.75) is 58.5 Å². The normalized spacial score (nSPS) is 26.3. The van der Waals surface area contributed by atoms with Crippen LogP contribution in [-0.2, 0) is 0 Å². The number of imidazole rings is 1. The summed E-state index contributed by atoms with van der Waals surface area (Å²) in [5, 5.41) is 3.77. The van der Waals surface area contributed by atoms with Crippen LogP contribution < -0.4 is 5.32 Å². The first-order chi connectivity index (χ1) is 10.2. The largest absolute Gasteiger partial charge is 0.324 e. The molecule has 0 bridgehead atoms. The molecule has 0 radical (unpaired) electrons. The van der Waals surface area contributed by atoms with Crippen molar-refractivity contribution in [1.29, 1.82) is 0 Å². The average Bonchev–Trinajstić information content (AvgIpc) is 2.81. The molecule has 0 aliphatic heterocycles. The van der Waals surface area contributed by atoms with Crippen LogP contribution in [0.3, 0.4) is 0 Å². The van der Waals surface area contributed by atoms with Crippen molar-refractivity contribution in [3.05, 3.63) is 30.1 Å². The van der Waals surface area contributed by atoms with Crippen LogP contribution >= 0.6 is 0 Å². The molecule has 1 N–H and O–H groups in total. The number of hydrogen-bond donors (Lipinski definition) is 1. The van der Waals surface area contributed by atoms with Gasteiger partial charge in [-0.25, -0.2) is 4.98 Å². The van der Waals surface area contributed by atoms with Crippen LogP contribution in [-0.4, -0.2) is 22.1 Å². The standard InChI is InChI=1S/C18H27N3/c1-4-11-19-15-10-9-13(2)12-18(15)21-14(3)20-16-7-5-6-8-17(16)21/h5-8,13,15,18-19H,4,9-12H2,1-3H3. The van der Waals surface area contributed by atoms with Gasteiger partial charge in [0.2, 0.25) is 0 Å². The Morgan fingerprint density at radius 3 is 2.90 bits per heavy atom. The van der Waals surface area contributed by atoms with Gasteiger partial charge >= 0.3 is 0 Å². The minimum absolute atomic E-state index is 0.535. The fourth-order valence-electron chi connectivity index (χ4n) is 3.79. The number of para-hydroxylation sites is 2. The van der Waals surface area contributed by atoms with E-state index in [9.17, 15) is 0 Å². The molecule has 1 aliphatic carbocycles. The fourth-order valence-corrected chi connectivity index (χ4v) is 3.79. The van der Waals surface area contributed by atoms with Crippen molar-refractivity contribution in [2.24, 2.45) is 5.92 Å². The topological polar surface area (TPSA) is 29.9 Å². The molecule has 1 aromatic heterocycles. The van der Waals surface area contributed by atoms with Gasteiger partial charge in [0.05, 0.1) is 17.1 Å². The minimum atomic E-state index is 0.535. The van der Waals surface area contributed by atoms with E-state index in [1.54, 1.807) is 0 Å². The van der Waals surface area contributed by atoms with E-state index in [1.165, 1.54) is 31.2 Å². The second-order valence-corrected chi connectivity index (χ2v) is 6.56. The number of nitrogens with zero attached hydrogens (tertiary/aromatic N) is 2. The summed E-state index contributed by atoms with van der Waals surface area (Å²) < 4.78 is 2.48. The van der Waals surface area contributed by atoms with E-state index >= 15 is 0 Å². The summed E-state index contributed by atoms with van der Waals surface area (Å²) >= 11 is 0. The van der Waals surface area contributed by atoms with Gasteiger partial charge in [-0.05, 0) is 57.2 Å². The van der Waals surface area contributed by atoms with E-state index in [-0.39, 0.29) is 0 Å². The molecular formula is C18H27N3. The second kappa shape index (κ2) is 6.18. The average molecular weight is 285 g/mol. The first-order valence-corrected chi connectivity index (χ1v) is 8.37. The van der Waals surface area contributed by atoms with E-state index in [0.717, 1.165) is 23.8 Å². The molecule has 0 amide bonds. The Labute approximate surface area is 127 Å². The SMILES string of the molecule is CCCNC1CCC(C)CC1n1c(C)nc2ccccc21. The number of nitrogens with one attached hydrogen (secondary N) is 1. The van der Waals surface area contributed by atoms with Crippen molar-refractivity contribution < 1.29 is 0 Å². The number of benzene rings is 1. The van der Waals surface area contributed by atoms with Crippen LogP contribution in [0, 0.1) is 12.8 Å². The fraction of sp³-hybridized carbons (Fsp3) is 0.611. The lowest BCUT2D eigenvalue weighted by Crippen LogP contribution is -2.42. The molecule has 2 aromatic rings. The van der Waals surface area contributed by atoms with Crippen LogP contribution in [0.4, 0.5) is 0 Å². The Bertz CT molecular complexity index is 600. The zero-order valence-electron chi connectivity index (χ0n) is 13.5. The third-order valence-corrected chi connectivity index (χ3v) is 4.84. The monoisotopic (exact) mass is 285 g/mol. The zero-order chi connectivity index (χ0) is 14.8. The predicted molar refractivity (Wildman–Crippen MR) is 88.6 cm³/mol. The van der Waals surface area contributed by atoms with Crippen LogP contribution in [0.1, 0.15) is 51.4 Å². The highest BCUT2D eigenvalue weighted by atomic mass is 15.1. The van der Waals surface area contributed by atoms with Crippen molar-refractivity contribution in [2.75, 3.05) is 6.54 Å². The molecule has 3 rings (SSSR count). The van der Waals surface area contributed by atoms with E-state index in [0.29, 0.717) is 12.1 Å². The Morgan fingerprint density at radius 1 is 1.29 bits per heavy atom. The number of fused-ring (bicyclic) bond motifs is 1. The Morgan fingerprint density at radius 2 is 2.10 bits per heavy atom. The van der Waals surface area contributed by atoms with Gasteiger partial charge in [-0.2, -0.15) is 0 Å². The molecule has 1 aromatic carbocycles. The first-order valence-electron chi connectivity index (χ1n) is 8.37. The van der Waals surface area contributed by atoms with Gasteiger partial charge in [0.15, 0.2) is 0 Å². The van der Waals surface area contributed by atoms with Gasteiger partial charge < -0.3 is 9.88 Å². The maximum Gasteiger partial charge on any atom is 0.107 e. The van der Waals surface area contributed by atoms with Gasteiger partial charge in [-0.3, -0.25) is 0 Å². The van der Waals surface area contributed by atoms with E-state index < -0.39 is 0 Å². The van der Waals surface area contributed by atoms with Crippen molar-refractivity contribution in [3.8, 4) is 0 Å². The van der Waals surface area contributed by atoms with Crippen molar-refractivity contribution in [3.63, 3.8) is 0 Å². The zero-order valence-corrected chi connectivity index (χ0v) is 13.5. The highest BCUT2D eigenvalue weighted by molar-refractivity contribution is 5.76. The maximum absolute atomic E-state index is 4.76. The van der Waals surface area contributed by atoms with Crippen LogP contribution in [0.15, 0.2) is 24.3 Å². The van der Waals surface area contributed by atoms with E-state index in [1.807, 2.05) is 0 Å². The highest BCUT2D eigenvalue weighted by Crippen LogP contribution is 2.35. The number of aryl methyl sites for hydroxylation is 1. The summed E-state index contributed by atoms with van der Waals surface area (Å²) in [4.78, 5) is 4.76. The number of aromatic nitrogens is 2. The lowest BCUT2D eigenvalue weighted by atomic mass is 9.83. The minimum Gasteiger partial charge on any atom is -0.324 e. The summed E-state index contributed by atoms with van der Waals surface area (Å²) in [7, 11) is 0. The Kier molecular flexibility index (Phi) is 4.29. The molecule has 0 spiro atoms. The summed E-state index contributed by atoms with van der Waals surface area (Å²) in [6, 6.07) is 9.66. The summed E-state index contributed by atoms with van der Waals surface area (Å²) in [5.41, 5.74) is 2.42. The molecular weight excluding hydrogens is 258 g/mol. The number of hydrogen-bond acceptors (Lipinski definition) is 2. The van der Waals surface area contributed by atoms with E-state index in [4.69, 9.17) is 4.98 Å². The van der Waals surface area contributed by atoms with Gasteiger partial charge in [-0.1, -0.05) is 26.0 Å². The van der Waals surface area contributed by atoms with Crippen molar-refractivity contribution in [1.82, 2.24) is 14.9 Å². The smallest absolute Gasteiger partial charge is 0.107 e. The lowest BCUT2D eigenvalue weighted by Gasteiger charge is -2.37. The molecule has 114 valence electrons. The Hall–Kier alpha value is -1.35. The predicted octanol–water partition coefficient (Wildman–Crippen LogP) is 4.07. The van der Waals surface area contributed by atoms with Crippen LogP contribution in [0.2, 0.25) is 0 Å². The summed E-state index contributed by atoms with van der Waals surface area (Å²) in [6.45, 7) is 7.89. The van der Waals surface area contributed by atoms with Gasteiger partial charge in [0.25, 0.3) is 0 Å². The molecule has 3 nitrogen and oxygen atoms in total. The van der Waals surface area contributed by atoms with Crippen LogP contribution in [0.25, 0.3) is 11.0 Å². The van der Waals surface area contributed by atoms with Crippen molar-refractivity contribution >= 4 is 11.0 Å². The van der Waals surface area contributed by atoms with Gasteiger partial charge in [-0.15, -0.1) is 0 Å². The highest BCUT2D eigenvalue weighted by Gasteiger charge is 2.31. The molecule has 3 atom stereocenters. The lowest BCUT2D eigenvalue weighted by molar-refractivity contribution is 0.217. The molecule has 1 aliphatic rings. The van der Waals surface area contributed by atoms with Gasteiger partial charge in [0.1, 0.15) is 5.82 Å². The molecule has 0 saturated heterocycles. The third-order valence-electron chi connectivity index (χ3n) is 4.84. The first kappa shape index (κ1) is 14.6. The quantitative estimate of drug-likeness (QED) is 0.917. The summed E-state index contributed by atoms with van der Waals surface area (Å²) in [6.07, 6.45) is 5.06. The molecule has 1 heterocycles. The van der Waals surface area contributed by atoms with Gasteiger partial charge in [0, 0.05) is 6.04 Å². The van der Waals surface area contributed by atoms with Crippen LogP contribution in [0.5, 0.6) is 0 Å². The Balaban J connectivity index is 1.98.